The average molecular weight is 303 g/mol. The van der Waals surface area contributed by atoms with Gasteiger partial charge < -0.3 is 15.5 Å². The summed E-state index contributed by atoms with van der Waals surface area (Å²) in [5.74, 6) is 0.601. The minimum absolute atomic E-state index is 0.000832. The quantitative estimate of drug-likeness (QED) is 0.886. The molecular weight excluding hydrogens is 286 g/mol. The summed E-state index contributed by atoms with van der Waals surface area (Å²) in [4.78, 5) is 23.2. The number of urea groups is 1. The SMILES string of the molecule is Cc1cnc(NCCN2CCNC2=O)nc1-c1cccs1. The Morgan fingerprint density at radius 1 is 1.52 bits per heavy atom. The van der Waals surface area contributed by atoms with Gasteiger partial charge in [0, 0.05) is 32.4 Å². The number of carbonyl (C=O) groups excluding carboxylic acids is 1. The summed E-state index contributed by atoms with van der Waals surface area (Å²) < 4.78 is 0. The predicted molar refractivity (Wildman–Crippen MR) is 83.5 cm³/mol. The van der Waals surface area contributed by atoms with Crippen LogP contribution in [0.2, 0.25) is 0 Å². The lowest BCUT2D eigenvalue weighted by Gasteiger charge is -2.14. The number of thiophene rings is 1. The normalized spacial score (nSPS) is 14.3. The van der Waals surface area contributed by atoms with E-state index in [0.29, 0.717) is 19.0 Å². The summed E-state index contributed by atoms with van der Waals surface area (Å²) in [5, 5.41) is 8.00. The first-order valence-corrected chi connectivity index (χ1v) is 7.76. The first-order valence-electron chi connectivity index (χ1n) is 6.88. The predicted octanol–water partition coefficient (Wildman–Crippen LogP) is 1.95. The molecule has 0 bridgehead atoms. The Labute approximate surface area is 127 Å². The Hall–Kier alpha value is -2.15. The molecule has 110 valence electrons. The van der Waals surface area contributed by atoms with Crippen molar-refractivity contribution >= 4 is 23.3 Å². The van der Waals surface area contributed by atoms with Gasteiger partial charge in [-0.3, -0.25) is 0 Å². The average Bonchev–Trinajstić information content (AvgIpc) is 3.13. The molecule has 0 unspecified atom stereocenters. The van der Waals surface area contributed by atoms with Crippen molar-refractivity contribution in [3.63, 3.8) is 0 Å². The minimum Gasteiger partial charge on any atom is -0.352 e. The molecule has 0 aromatic carbocycles. The molecule has 0 spiro atoms. The highest BCUT2D eigenvalue weighted by atomic mass is 32.1. The lowest BCUT2D eigenvalue weighted by atomic mass is 10.2. The third kappa shape index (κ3) is 3.13. The monoisotopic (exact) mass is 303 g/mol. The van der Waals surface area contributed by atoms with E-state index in [2.05, 4.69) is 26.7 Å². The molecule has 3 rings (SSSR count). The van der Waals surface area contributed by atoms with Gasteiger partial charge in [0.05, 0.1) is 10.6 Å². The highest BCUT2D eigenvalue weighted by molar-refractivity contribution is 7.13. The van der Waals surface area contributed by atoms with E-state index >= 15 is 0 Å². The molecule has 0 atom stereocenters. The molecule has 7 heteroatoms. The highest BCUT2D eigenvalue weighted by Gasteiger charge is 2.18. The molecule has 1 saturated heterocycles. The second-order valence-corrected chi connectivity index (χ2v) is 5.80. The van der Waals surface area contributed by atoms with Gasteiger partial charge in [-0.2, -0.15) is 0 Å². The van der Waals surface area contributed by atoms with Crippen molar-refractivity contribution in [1.29, 1.82) is 0 Å². The molecule has 0 aliphatic carbocycles. The zero-order valence-electron chi connectivity index (χ0n) is 11.8. The Morgan fingerprint density at radius 2 is 2.43 bits per heavy atom. The summed E-state index contributed by atoms with van der Waals surface area (Å²) in [5.41, 5.74) is 2.02. The van der Waals surface area contributed by atoms with Crippen molar-refractivity contribution in [3.05, 3.63) is 29.3 Å². The van der Waals surface area contributed by atoms with Gasteiger partial charge >= 0.3 is 6.03 Å². The number of aryl methyl sites for hydroxylation is 1. The number of carbonyl (C=O) groups is 1. The molecular formula is C14H17N5OS. The van der Waals surface area contributed by atoms with Gasteiger partial charge in [0.1, 0.15) is 0 Å². The second-order valence-electron chi connectivity index (χ2n) is 4.85. The first-order chi connectivity index (χ1) is 10.2. The van der Waals surface area contributed by atoms with Crippen LogP contribution in [0.1, 0.15) is 5.56 Å². The maximum atomic E-state index is 11.4. The number of hydrogen-bond acceptors (Lipinski definition) is 5. The topological polar surface area (TPSA) is 70.2 Å². The van der Waals surface area contributed by atoms with Crippen LogP contribution in [0.3, 0.4) is 0 Å². The number of nitrogens with zero attached hydrogens (tertiary/aromatic N) is 3. The summed E-state index contributed by atoms with van der Waals surface area (Å²) in [7, 11) is 0. The van der Waals surface area contributed by atoms with Crippen LogP contribution in [0.15, 0.2) is 23.7 Å². The van der Waals surface area contributed by atoms with Crippen LogP contribution in [-0.4, -0.2) is 47.1 Å². The van der Waals surface area contributed by atoms with Crippen molar-refractivity contribution in [3.8, 4) is 10.6 Å². The molecule has 1 aliphatic heterocycles. The van der Waals surface area contributed by atoms with E-state index in [9.17, 15) is 4.79 Å². The van der Waals surface area contributed by atoms with E-state index in [-0.39, 0.29) is 6.03 Å². The second kappa shape index (κ2) is 6.09. The number of nitrogens with one attached hydrogen (secondary N) is 2. The van der Waals surface area contributed by atoms with Crippen molar-refractivity contribution in [2.45, 2.75) is 6.92 Å². The van der Waals surface area contributed by atoms with Crippen LogP contribution in [-0.2, 0) is 0 Å². The fourth-order valence-electron chi connectivity index (χ4n) is 2.22. The molecule has 3 heterocycles. The Kier molecular flexibility index (Phi) is 4.01. The Balaban J connectivity index is 1.63. The van der Waals surface area contributed by atoms with Gasteiger partial charge in [-0.05, 0) is 23.9 Å². The van der Waals surface area contributed by atoms with E-state index in [1.807, 2.05) is 24.6 Å². The molecule has 2 aromatic rings. The molecule has 0 radical (unpaired) electrons. The molecule has 6 nitrogen and oxygen atoms in total. The third-order valence-electron chi connectivity index (χ3n) is 3.34. The first kappa shape index (κ1) is 13.8. The lowest BCUT2D eigenvalue weighted by Crippen LogP contribution is -2.32. The summed E-state index contributed by atoms with van der Waals surface area (Å²) in [6.07, 6.45) is 1.83. The van der Waals surface area contributed by atoms with Gasteiger partial charge in [-0.15, -0.1) is 11.3 Å². The van der Waals surface area contributed by atoms with Crippen LogP contribution in [0.25, 0.3) is 10.6 Å². The van der Waals surface area contributed by atoms with Crippen LogP contribution in [0, 0.1) is 6.92 Å². The van der Waals surface area contributed by atoms with Gasteiger partial charge in [0.2, 0.25) is 5.95 Å². The number of anilines is 1. The number of amides is 2. The van der Waals surface area contributed by atoms with Crippen LogP contribution >= 0.6 is 11.3 Å². The molecule has 2 N–H and O–H groups in total. The Morgan fingerprint density at radius 3 is 3.14 bits per heavy atom. The van der Waals surface area contributed by atoms with Crippen molar-refractivity contribution in [2.75, 3.05) is 31.5 Å². The molecule has 1 aliphatic rings. The van der Waals surface area contributed by atoms with Crippen molar-refractivity contribution in [1.82, 2.24) is 20.2 Å². The zero-order chi connectivity index (χ0) is 14.7. The summed E-state index contributed by atoms with van der Waals surface area (Å²) in [6.45, 7) is 4.78. The summed E-state index contributed by atoms with van der Waals surface area (Å²) >= 11 is 1.66. The fraction of sp³-hybridized carbons (Fsp3) is 0.357. The standard InChI is InChI=1S/C14H17N5OS/c1-10-9-17-13(18-12(10)11-3-2-8-21-11)15-4-6-19-7-5-16-14(19)20/h2-3,8-9H,4-7H2,1H3,(H,16,20)(H,15,17,18). The molecule has 1 fully saturated rings. The summed E-state index contributed by atoms with van der Waals surface area (Å²) in [6, 6.07) is 4.07. The van der Waals surface area contributed by atoms with Gasteiger partial charge in [-0.25, -0.2) is 14.8 Å². The van der Waals surface area contributed by atoms with E-state index in [1.165, 1.54) is 0 Å². The zero-order valence-corrected chi connectivity index (χ0v) is 12.6. The third-order valence-corrected chi connectivity index (χ3v) is 4.21. The van der Waals surface area contributed by atoms with Crippen LogP contribution < -0.4 is 10.6 Å². The van der Waals surface area contributed by atoms with Crippen molar-refractivity contribution in [2.24, 2.45) is 0 Å². The van der Waals surface area contributed by atoms with Gasteiger partial charge in [0.15, 0.2) is 0 Å². The van der Waals surface area contributed by atoms with E-state index in [4.69, 9.17) is 0 Å². The van der Waals surface area contributed by atoms with E-state index < -0.39 is 0 Å². The smallest absolute Gasteiger partial charge is 0.317 e. The van der Waals surface area contributed by atoms with Gasteiger partial charge in [0.25, 0.3) is 0 Å². The van der Waals surface area contributed by atoms with Crippen LogP contribution in [0.4, 0.5) is 10.7 Å². The van der Waals surface area contributed by atoms with Crippen LogP contribution in [0.5, 0.6) is 0 Å². The number of rotatable bonds is 5. The van der Waals surface area contributed by atoms with Gasteiger partial charge in [-0.1, -0.05) is 6.07 Å². The maximum absolute atomic E-state index is 11.4. The fourth-order valence-corrected chi connectivity index (χ4v) is 3.00. The van der Waals surface area contributed by atoms with E-state index in [1.54, 1.807) is 16.2 Å². The highest BCUT2D eigenvalue weighted by Crippen LogP contribution is 2.26. The molecule has 21 heavy (non-hydrogen) atoms. The molecule has 2 amide bonds. The largest absolute Gasteiger partial charge is 0.352 e. The number of aromatic nitrogens is 2. The maximum Gasteiger partial charge on any atom is 0.317 e. The van der Waals surface area contributed by atoms with E-state index in [0.717, 1.165) is 29.2 Å². The molecule has 2 aromatic heterocycles. The molecule has 0 saturated carbocycles. The minimum atomic E-state index is 0.000832. The van der Waals surface area contributed by atoms with Crippen molar-refractivity contribution < 1.29 is 4.79 Å². The Bertz CT molecular complexity index is 628. The number of hydrogen-bond donors (Lipinski definition) is 2. The lowest BCUT2D eigenvalue weighted by molar-refractivity contribution is 0.219.